The largest absolute Gasteiger partial charge is 0.494 e. The molecular weight excluding hydrogens is 574 g/mol. The molecule has 44 heavy (non-hydrogen) atoms. The second kappa shape index (κ2) is 14.5. The Bertz CT molecular complexity index is 1210. The summed E-state index contributed by atoms with van der Waals surface area (Å²) in [5.74, 6) is -0.903. The summed E-state index contributed by atoms with van der Waals surface area (Å²) in [5.41, 5.74) is 0.715. The average molecular weight is 626 g/mol. The van der Waals surface area contributed by atoms with Gasteiger partial charge in [0.05, 0.1) is 35.8 Å². The second-order valence-electron chi connectivity index (χ2n) is 12.5. The fourth-order valence-electron chi connectivity index (χ4n) is 7.68. The van der Waals surface area contributed by atoms with Crippen molar-refractivity contribution < 1.29 is 24.2 Å². The molecule has 8 atom stereocenters. The van der Waals surface area contributed by atoms with Gasteiger partial charge in [0, 0.05) is 30.6 Å². The van der Waals surface area contributed by atoms with Gasteiger partial charge in [0.25, 0.3) is 0 Å². The van der Waals surface area contributed by atoms with Gasteiger partial charge in [-0.2, -0.15) is 0 Å². The minimum absolute atomic E-state index is 0.0225. The van der Waals surface area contributed by atoms with Crippen molar-refractivity contribution in [3.05, 3.63) is 49.6 Å². The first-order valence-corrected chi connectivity index (χ1v) is 17.2. The molecule has 0 radical (unpaired) electrons. The van der Waals surface area contributed by atoms with Crippen molar-refractivity contribution >= 4 is 35.2 Å². The SMILES string of the molecule is C=CCN(CCCC)C(=O)C1N([C@@H](CO)[C@@H](C)CC)C(=O)[C@@H]2[C@@H](C(=O)N(CC=C)c3ccc(OCC)cc3)[C@H]3CC(C)C12S3. The van der Waals surface area contributed by atoms with Crippen LogP contribution in [0.3, 0.4) is 0 Å². The third kappa shape index (κ3) is 5.82. The molecular formula is C35H51N3O5S. The van der Waals surface area contributed by atoms with Crippen molar-refractivity contribution in [2.24, 2.45) is 23.7 Å². The first-order valence-electron chi connectivity index (χ1n) is 16.3. The molecule has 3 unspecified atom stereocenters. The van der Waals surface area contributed by atoms with Crippen molar-refractivity contribution in [3.8, 4) is 5.75 Å². The number of unbranched alkanes of at least 4 members (excludes halogenated alkanes) is 1. The summed E-state index contributed by atoms with van der Waals surface area (Å²) in [4.78, 5) is 49.4. The van der Waals surface area contributed by atoms with E-state index in [2.05, 4.69) is 27.0 Å². The molecule has 1 spiro atoms. The third-order valence-electron chi connectivity index (χ3n) is 10.0. The standard InChI is InChI=1S/C35H51N3O5S/c1-8-13-20-36(18-9-2)34(42)31-35-24(7)21-28(44-35)29(30(35)33(41)38(31)27(22-39)23(6)11-4)32(40)37(19-10-3)25-14-16-26(17-15-25)43-12-5/h9-10,14-17,23-24,27-31,39H,2-3,8,11-13,18-22H2,1,4-7H3/t23-,24?,27-,28+,29-,30-,31?,35?/m0/s1. The maximum Gasteiger partial charge on any atom is 0.247 e. The van der Waals surface area contributed by atoms with Gasteiger partial charge < -0.3 is 24.5 Å². The molecule has 9 heteroatoms. The molecule has 3 heterocycles. The summed E-state index contributed by atoms with van der Waals surface area (Å²) in [7, 11) is 0. The quantitative estimate of drug-likeness (QED) is 0.255. The number of aliphatic hydroxyl groups excluding tert-OH is 1. The van der Waals surface area contributed by atoms with Gasteiger partial charge in [-0.05, 0) is 55.9 Å². The highest BCUT2D eigenvalue weighted by Crippen LogP contribution is 2.69. The number of likely N-dealkylation sites (tertiary alicyclic amines) is 1. The minimum atomic E-state index is -0.760. The zero-order chi connectivity index (χ0) is 32.2. The number of hydrogen-bond acceptors (Lipinski definition) is 6. The number of hydrogen-bond donors (Lipinski definition) is 1. The molecule has 242 valence electrons. The number of anilines is 1. The molecule has 3 aliphatic heterocycles. The highest BCUT2D eigenvalue weighted by molar-refractivity contribution is 8.02. The number of carbonyl (C=O) groups is 3. The molecule has 1 N–H and O–H groups in total. The van der Waals surface area contributed by atoms with Gasteiger partial charge in [-0.1, -0.05) is 52.7 Å². The number of thioether (sulfide) groups is 1. The maximum atomic E-state index is 14.8. The van der Waals surface area contributed by atoms with E-state index in [0.717, 1.165) is 31.4 Å². The number of nitrogens with zero attached hydrogens (tertiary/aromatic N) is 3. The summed E-state index contributed by atoms with van der Waals surface area (Å²) < 4.78 is 4.85. The summed E-state index contributed by atoms with van der Waals surface area (Å²) in [6.45, 7) is 19.6. The van der Waals surface area contributed by atoms with Crippen LogP contribution in [0, 0.1) is 23.7 Å². The number of rotatable bonds is 16. The summed E-state index contributed by atoms with van der Waals surface area (Å²) in [6.07, 6.45) is 6.71. The Morgan fingerprint density at radius 3 is 2.41 bits per heavy atom. The summed E-state index contributed by atoms with van der Waals surface area (Å²) in [5, 5.41) is 10.6. The lowest BCUT2D eigenvalue weighted by Gasteiger charge is -2.43. The van der Waals surface area contributed by atoms with Crippen LogP contribution >= 0.6 is 11.8 Å². The monoisotopic (exact) mass is 625 g/mol. The van der Waals surface area contributed by atoms with Crippen LogP contribution < -0.4 is 9.64 Å². The lowest BCUT2D eigenvalue weighted by atomic mass is 9.65. The first kappa shape index (κ1) is 34.1. The van der Waals surface area contributed by atoms with Crippen LogP contribution in [0.1, 0.15) is 60.3 Å². The van der Waals surface area contributed by atoms with E-state index in [0.29, 0.717) is 31.9 Å². The molecule has 1 aromatic rings. The van der Waals surface area contributed by atoms with E-state index in [1.54, 1.807) is 33.7 Å². The van der Waals surface area contributed by atoms with E-state index in [9.17, 15) is 19.5 Å². The van der Waals surface area contributed by atoms with Crippen LogP contribution in [0.15, 0.2) is 49.6 Å². The second-order valence-corrected chi connectivity index (χ2v) is 14.1. The lowest BCUT2D eigenvalue weighted by molar-refractivity contribution is -0.146. The highest BCUT2D eigenvalue weighted by Gasteiger charge is 2.77. The Kier molecular flexibility index (Phi) is 11.3. The molecule has 0 aromatic heterocycles. The van der Waals surface area contributed by atoms with Crippen molar-refractivity contribution in [2.45, 2.75) is 82.4 Å². The average Bonchev–Trinajstić information content (AvgIpc) is 3.62. The molecule has 8 nitrogen and oxygen atoms in total. The Hall–Kier alpha value is -2.78. The van der Waals surface area contributed by atoms with Crippen molar-refractivity contribution in [3.63, 3.8) is 0 Å². The Morgan fingerprint density at radius 2 is 1.84 bits per heavy atom. The topological polar surface area (TPSA) is 90.4 Å². The van der Waals surface area contributed by atoms with Crippen molar-refractivity contribution in [2.75, 3.05) is 37.7 Å². The van der Waals surface area contributed by atoms with Gasteiger partial charge in [0.1, 0.15) is 11.8 Å². The van der Waals surface area contributed by atoms with Gasteiger partial charge >= 0.3 is 0 Å². The predicted molar refractivity (Wildman–Crippen MR) is 178 cm³/mol. The van der Waals surface area contributed by atoms with Crippen LogP contribution in [-0.4, -0.2) is 87.6 Å². The van der Waals surface area contributed by atoms with E-state index in [-0.39, 0.29) is 41.4 Å². The van der Waals surface area contributed by atoms with Crippen molar-refractivity contribution in [1.29, 1.82) is 0 Å². The first-order chi connectivity index (χ1) is 21.2. The van der Waals surface area contributed by atoms with Crippen molar-refractivity contribution in [1.82, 2.24) is 9.80 Å². The van der Waals surface area contributed by atoms with Gasteiger partial charge in [0.2, 0.25) is 17.7 Å². The van der Waals surface area contributed by atoms with E-state index in [4.69, 9.17) is 4.74 Å². The third-order valence-corrected chi connectivity index (χ3v) is 12.1. The zero-order valence-electron chi connectivity index (χ0n) is 27.1. The van der Waals surface area contributed by atoms with Crippen LogP contribution in [0.4, 0.5) is 5.69 Å². The Labute approximate surface area is 267 Å². The smallest absolute Gasteiger partial charge is 0.247 e. The van der Waals surface area contributed by atoms with Gasteiger partial charge in [-0.15, -0.1) is 24.9 Å². The molecule has 1 aromatic carbocycles. The summed E-state index contributed by atoms with van der Waals surface area (Å²) in [6, 6.07) is 6.15. The molecule has 3 saturated heterocycles. The van der Waals surface area contributed by atoms with E-state index in [1.165, 1.54) is 0 Å². The number of amides is 3. The number of carbonyl (C=O) groups excluding carboxylic acids is 3. The molecule has 4 rings (SSSR count). The molecule has 2 bridgehead atoms. The van der Waals surface area contributed by atoms with Crippen LogP contribution in [0.2, 0.25) is 0 Å². The van der Waals surface area contributed by atoms with Gasteiger partial charge in [0.15, 0.2) is 0 Å². The van der Waals surface area contributed by atoms with Crippen LogP contribution in [0.25, 0.3) is 0 Å². The van der Waals surface area contributed by atoms with Crippen LogP contribution in [0.5, 0.6) is 5.75 Å². The fourth-order valence-corrected chi connectivity index (χ4v) is 10.1. The van der Waals surface area contributed by atoms with E-state index >= 15 is 0 Å². The Morgan fingerprint density at radius 1 is 1.16 bits per heavy atom. The van der Waals surface area contributed by atoms with E-state index in [1.807, 2.05) is 49.9 Å². The fraction of sp³-hybridized carbons (Fsp3) is 0.629. The molecule has 0 saturated carbocycles. The van der Waals surface area contributed by atoms with E-state index < -0.39 is 28.7 Å². The molecule has 3 aliphatic rings. The number of ether oxygens (including phenoxy) is 1. The summed E-state index contributed by atoms with van der Waals surface area (Å²) >= 11 is 1.67. The number of aliphatic hydroxyl groups is 1. The molecule has 0 aliphatic carbocycles. The predicted octanol–water partition coefficient (Wildman–Crippen LogP) is 5.16. The van der Waals surface area contributed by atoms with Gasteiger partial charge in [-0.3, -0.25) is 14.4 Å². The number of fused-ring (bicyclic) bond motifs is 1. The lowest BCUT2D eigenvalue weighted by Crippen LogP contribution is -2.60. The maximum absolute atomic E-state index is 14.8. The van der Waals surface area contributed by atoms with Gasteiger partial charge in [-0.25, -0.2) is 0 Å². The van der Waals surface area contributed by atoms with Crippen LogP contribution in [-0.2, 0) is 14.4 Å². The zero-order valence-corrected chi connectivity index (χ0v) is 27.9. The highest BCUT2D eigenvalue weighted by atomic mass is 32.2. The normalized spacial score (nSPS) is 28.4. The molecule has 3 fully saturated rings. The Balaban J connectivity index is 1.81. The number of benzene rings is 1. The molecule has 3 amide bonds. The minimum Gasteiger partial charge on any atom is -0.494 e.